The van der Waals surface area contributed by atoms with Gasteiger partial charge in [-0.2, -0.15) is 4.57 Å². The molecule has 0 spiro atoms. The second-order valence-corrected chi connectivity index (χ2v) is 4.09. The number of pyridine rings is 1. The van der Waals surface area contributed by atoms with E-state index in [1.165, 1.54) is 12.3 Å². The Morgan fingerprint density at radius 1 is 1.15 bits per heavy atom. The van der Waals surface area contributed by atoms with Crippen LogP contribution in [0.25, 0.3) is 0 Å². The summed E-state index contributed by atoms with van der Waals surface area (Å²) in [6, 6.07) is 10.2. The minimum atomic E-state index is -0.988. The van der Waals surface area contributed by atoms with Gasteiger partial charge in [-0.1, -0.05) is 18.2 Å². The molecule has 0 aliphatic carbocycles. The lowest BCUT2D eigenvalue weighted by Crippen LogP contribution is -3.00. The highest BCUT2D eigenvalue weighted by Gasteiger charge is 2.13. The van der Waals surface area contributed by atoms with Crippen LogP contribution in [-0.2, 0) is 6.54 Å². The van der Waals surface area contributed by atoms with Crippen molar-refractivity contribution in [3.63, 3.8) is 0 Å². The summed E-state index contributed by atoms with van der Waals surface area (Å²) < 4.78 is 1.70. The van der Waals surface area contributed by atoms with E-state index in [4.69, 9.17) is 10.8 Å². The molecule has 0 saturated heterocycles. The largest absolute Gasteiger partial charge is 1.00 e. The van der Waals surface area contributed by atoms with E-state index in [1.807, 2.05) is 6.07 Å². The van der Waals surface area contributed by atoms with Gasteiger partial charge in [0.15, 0.2) is 18.9 Å². The number of carboxylic acids is 1. The summed E-state index contributed by atoms with van der Waals surface area (Å²) in [4.78, 5) is 22.2. The van der Waals surface area contributed by atoms with Crippen LogP contribution in [0.3, 0.4) is 0 Å². The fourth-order valence-corrected chi connectivity index (χ4v) is 1.84. The molecule has 2 aromatic rings. The van der Waals surface area contributed by atoms with E-state index >= 15 is 0 Å². The molecule has 0 atom stereocenters. The number of amides is 1. The van der Waals surface area contributed by atoms with E-state index in [1.54, 1.807) is 35.0 Å². The molecular weight excluding hydrogens is 280 g/mol. The number of hydrogen-bond acceptors (Lipinski definition) is 2. The number of aromatic nitrogens is 1. The Morgan fingerprint density at radius 3 is 2.50 bits per heavy atom. The monoisotopic (exact) mass is 292 g/mol. The molecule has 0 aliphatic rings. The highest BCUT2D eigenvalue weighted by Crippen LogP contribution is 2.07. The number of nitrogens with two attached hydrogens (primary N) is 1. The summed E-state index contributed by atoms with van der Waals surface area (Å²) in [6.45, 7) is 0.389. The number of nitrogens with zero attached hydrogens (tertiary/aromatic N) is 1. The molecule has 2 rings (SSSR count). The van der Waals surface area contributed by atoms with Crippen LogP contribution in [0.1, 0.15) is 26.3 Å². The van der Waals surface area contributed by atoms with Crippen molar-refractivity contribution in [2.75, 3.05) is 0 Å². The lowest BCUT2D eigenvalue weighted by atomic mass is 10.1. The predicted octanol–water partition coefficient (Wildman–Crippen LogP) is -2.18. The fourth-order valence-electron chi connectivity index (χ4n) is 1.84. The number of halogens is 1. The zero-order chi connectivity index (χ0) is 13.8. The molecule has 3 N–H and O–H groups in total. The third kappa shape index (κ3) is 3.55. The fraction of sp³-hybridized carbons (Fsp3) is 0.0714. The molecule has 0 fully saturated rings. The highest BCUT2D eigenvalue weighted by molar-refractivity contribution is 5.94. The molecule has 20 heavy (non-hydrogen) atoms. The predicted molar refractivity (Wildman–Crippen MR) is 67.7 cm³/mol. The van der Waals surface area contributed by atoms with Crippen LogP contribution >= 0.6 is 0 Å². The van der Waals surface area contributed by atoms with Crippen molar-refractivity contribution in [3.8, 4) is 0 Å². The van der Waals surface area contributed by atoms with Gasteiger partial charge in [-0.05, 0) is 12.1 Å². The number of rotatable bonds is 4. The Morgan fingerprint density at radius 2 is 1.85 bits per heavy atom. The Hall–Kier alpha value is -2.40. The molecule has 0 aliphatic heterocycles. The minimum absolute atomic E-state index is 0. The Labute approximate surface area is 122 Å². The molecule has 1 aromatic heterocycles. The maximum atomic E-state index is 11.3. The molecule has 0 radical (unpaired) electrons. The normalized spacial score (nSPS) is 9.60. The van der Waals surface area contributed by atoms with Gasteiger partial charge in [0, 0.05) is 17.2 Å². The van der Waals surface area contributed by atoms with Crippen molar-refractivity contribution < 1.29 is 31.7 Å². The smallest absolute Gasteiger partial charge is 0.341 e. The van der Waals surface area contributed by atoms with Crippen LogP contribution < -0.4 is 22.7 Å². The van der Waals surface area contributed by atoms with Crippen LogP contribution in [-0.4, -0.2) is 17.0 Å². The van der Waals surface area contributed by atoms with E-state index in [9.17, 15) is 9.59 Å². The van der Waals surface area contributed by atoms with E-state index in [0.29, 0.717) is 12.1 Å². The van der Waals surface area contributed by atoms with Gasteiger partial charge in [0.25, 0.3) is 0 Å². The van der Waals surface area contributed by atoms with Gasteiger partial charge in [-0.15, -0.1) is 0 Å². The highest BCUT2D eigenvalue weighted by atomic mass is 35.5. The van der Waals surface area contributed by atoms with Crippen molar-refractivity contribution >= 4 is 11.9 Å². The van der Waals surface area contributed by atoms with E-state index < -0.39 is 11.9 Å². The van der Waals surface area contributed by atoms with Gasteiger partial charge >= 0.3 is 5.97 Å². The lowest BCUT2D eigenvalue weighted by molar-refractivity contribution is -0.688. The molecule has 0 saturated carbocycles. The zero-order valence-corrected chi connectivity index (χ0v) is 11.2. The topological polar surface area (TPSA) is 84.3 Å². The molecule has 1 amide bonds. The summed E-state index contributed by atoms with van der Waals surface area (Å²) >= 11 is 0. The van der Waals surface area contributed by atoms with Crippen LogP contribution in [0.15, 0.2) is 48.8 Å². The number of primary amides is 1. The first-order chi connectivity index (χ1) is 9.08. The summed E-state index contributed by atoms with van der Waals surface area (Å²) in [7, 11) is 0. The van der Waals surface area contributed by atoms with Crippen molar-refractivity contribution in [1.29, 1.82) is 0 Å². The Balaban J connectivity index is 0.00000200. The average Bonchev–Trinajstić information content (AvgIpc) is 2.39. The second kappa shape index (κ2) is 6.68. The molecular formula is C14H13ClN2O3. The standard InChI is InChI=1S/C14H12N2O3.ClH/c15-13(17)12-6-2-1-4-10(12)8-16-7-3-5-11(9-16)14(18)19;/h1-7,9H,8H2,(H2-,15,17,18,19);1H. The number of aromatic carboxylic acids is 1. The molecule has 0 unspecified atom stereocenters. The summed E-state index contributed by atoms with van der Waals surface area (Å²) in [5, 5.41) is 8.93. The van der Waals surface area contributed by atoms with Crippen LogP contribution in [0.4, 0.5) is 0 Å². The van der Waals surface area contributed by atoms with E-state index in [0.717, 1.165) is 5.56 Å². The number of carboxylic acid groups (broad SMARTS) is 1. The average molecular weight is 293 g/mol. The third-order valence-electron chi connectivity index (χ3n) is 2.74. The van der Waals surface area contributed by atoms with Crippen LogP contribution in [0.2, 0.25) is 0 Å². The van der Waals surface area contributed by atoms with Crippen molar-refractivity contribution in [2.24, 2.45) is 5.73 Å². The molecule has 6 heteroatoms. The van der Waals surface area contributed by atoms with Gasteiger partial charge in [-0.25, -0.2) is 4.79 Å². The van der Waals surface area contributed by atoms with Crippen molar-refractivity contribution in [3.05, 3.63) is 65.5 Å². The Bertz CT molecular complexity index is 644. The van der Waals surface area contributed by atoms with E-state index in [-0.39, 0.29) is 18.0 Å². The maximum Gasteiger partial charge on any atom is 0.341 e. The summed E-state index contributed by atoms with van der Waals surface area (Å²) in [5.41, 5.74) is 6.69. The molecule has 1 heterocycles. The summed E-state index contributed by atoms with van der Waals surface area (Å²) in [6.07, 6.45) is 3.25. The SMILES string of the molecule is NC(=O)c1ccccc1C[n+]1cccc(C(=O)O)c1.[Cl-]. The third-order valence-corrected chi connectivity index (χ3v) is 2.74. The lowest BCUT2D eigenvalue weighted by Gasteiger charge is -2.03. The molecule has 104 valence electrons. The summed E-state index contributed by atoms with van der Waals surface area (Å²) in [5.74, 6) is -1.48. The van der Waals surface area contributed by atoms with E-state index in [2.05, 4.69) is 0 Å². The quantitative estimate of drug-likeness (QED) is 0.629. The maximum absolute atomic E-state index is 11.3. The first kappa shape index (κ1) is 15.7. The minimum Gasteiger partial charge on any atom is -1.00 e. The van der Waals surface area contributed by atoms with Gasteiger partial charge in [0.1, 0.15) is 5.56 Å². The van der Waals surface area contributed by atoms with Gasteiger partial charge in [-0.3, -0.25) is 4.79 Å². The number of carbonyl (C=O) groups excluding carboxylic acids is 1. The number of carbonyl (C=O) groups is 2. The molecule has 0 bridgehead atoms. The van der Waals surface area contributed by atoms with Gasteiger partial charge in [0.2, 0.25) is 5.91 Å². The molecule has 5 nitrogen and oxygen atoms in total. The van der Waals surface area contributed by atoms with Crippen LogP contribution in [0, 0.1) is 0 Å². The number of hydrogen-bond donors (Lipinski definition) is 2. The second-order valence-electron chi connectivity index (χ2n) is 4.09. The first-order valence-corrected chi connectivity index (χ1v) is 5.68. The molecule has 1 aromatic carbocycles. The number of benzene rings is 1. The zero-order valence-electron chi connectivity index (χ0n) is 10.5. The van der Waals surface area contributed by atoms with Gasteiger partial charge in [0.05, 0.1) is 0 Å². The Kier molecular flexibility index (Phi) is 5.23. The van der Waals surface area contributed by atoms with Crippen LogP contribution in [0.5, 0.6) is 0 Å². The van der Waals surface area contributed by atoms with Crippen molar-refractivity contribution in [2.45, 2.75) is 6.54 Å². The van der Waals surface area contributed by atoms with Crippen molar-refractivity contribution in [1.82, 2.24) is 0 Å². The van der Waals surface area contributed by atoms with Gasteiger partial charge < -0.3 is 23.2 Å². The first-order valence-electron chi connectivity index (χ1n) is 5.68.